The number of hydrogen-bond acceptors (Lipinski definition) is 3. The molecule has 4 rings (SSSR count). The van der Waals surface area contributed by atoms with Gasteiger partial charge in [0.15, 0.2) is 5.82 Å². The molecule has 1 N–H and O–H groups in total. The molecule has 0 aliphatic rings. The molecule has 0 atom stereocenters. The molecule has 3 nitrogen and oxygen atoms in total. The minimum Gasteiger partial charge on any atom is -0.508 e. The molecule has 2 heterocycles. The second-order valence-corrected chi connectivity index (χ2v) is 6.67. The van der Waals surface area contributed by atoms with Crippen LogP contribution >= 0.6 is 11.3 Å². The third kappa shape index (κ3) is 2.31. The summed E-state index contributed by atoms with van der Waals surface area (Å²) < 4.78 is 16.4. The van der Waals surface area contributed by atoms with Gasteiger partial charge < -0.3 is 9.67 Å². The standard InChI is InChI=1S/C20H13FN2OS/c1-12-8-9-25-20(12)19-15(11-22)14-4-2-3-5-17(14)23(19)18-7-6-13(24)10-16(18)21/h2-10,24H,1H3. The van der Waals surface area contributed by atoms with Gasteiger partial charge in [-0.05, 0) is 42.1 Å². The summed E-state index contributed by atoms with van der Waals surface area (Å²) >= 11 is 1.52. The van der Waals surface area contributed by atoms with Crippen molar-refractivity contribution in [3.8, 4) is 28.1 Å². The van der Waals surface area contributed by atoms with Crippen molar-refractivity contribution in [3.05, 3.63) is 70.9 Å². The van der Waals surface area contributed by atoms with Crippen molar-refractivity contribution in [2.75, 3.05) is 0 Å². The van der Waals surface area contributed by atoms with Crippen LogP contribution in [-0.4, -0.2) is 9.67 Å². The maximum Gasteiger partial charge on any atom is 0.150 e. The monoisotopic (exact) mass is 348 g/mol. The molecule has 0 fully saturated rings. The van der Waals surface area contributed by atoms with Crippen LogP contribution in [0.5, 0.6) is 5.75 Å². The van der Waals surface area contributed by atoms with Crippen molar-refractivity contribution in [1.29, 1.82) is 5.26 Å². The number of hydrogen-bond donors (Lipinski definition) is 1. The van der Waals surface area contributed by atoms with E-state index < -0.39 is 5.82 Å². The van der Waals surface area contributed by atoms with Crippen LogP contribution in [0.25, 0.3) is 27.2 Å². The molecule has 0 spiro atoms. The summed E-state index contributed by atoms with van der Waals surface area (Å²) in [6.45, 7) is 1.97. The Kier molecular flexibility index (Phi) is 3.56. The molecule has 5 heteroatoms. The predicted octanol–water partition coefficient (Wildman–Crippen LogP) is 5.38. The number of aromatic hydroxyl groups is 1. The van der Waals surface area contributed by atoms with Crippen molar-refractivity contribution in [3.63, 3.8) is 0 Å². The van der Waals surface area contributed by atoms with E-state index in [1.807, 2.05) is 42.6 Å². The number of phenols is 1. The van der Waals surface area contributed by atoms with Crippen LogP contribution in [0.1, 0.15) is 11.1 Å². The van der Waals surface area contributed by atoms with Crippen molar-refractivity contribution in [2.45, 2.75) is 6.92 Å². The van der Waals surface area contributed by atoms with E-state index in [1.54, 1.807) is 4.57 Å². The molecular weight excluding hydrogens is 335 g/mol. The Hall–Kier alpha value is -3.10. The number of phenolic OH excluding ortho intramolecular Hbond substituents is 1. The van der Waals surface area contributed by atoms with Gasteiger partial charge >= 0.3 is 0 Å². The van der Waals surface area contributed by atoms with Crippen LogP contribution in [-0.2, 0) is 0 Å². The largest absolute Gasteiger partial charge is 0.508 e. The number of aryl methyl sites for hydroxylation is 1. The Morgan fingerprint density at radius 3 is 2.64 bits per heavy atom. The molecule has 0 aliphatic heterocycles. The second kappa shape index (κ2) is 5.76. The number of nitriles is 1. The number of benzene rings is 2. The molecule has 0 radical (unpaired) electrons. The molecule has 2 aromatic carbocycles. The highest BCUT2D eigenvalue weighted by atomic mass is 32.1. The molecule has 2 aromatic heterocycles. The first-order valence-electron chi connectivity index (χ1n) is 7.68. The van der Waals surface area contributed by atoms with E-state index in [0.717, 1.165) is 27.4 Å². The number of nitrogens with zero attached hydrogens (tertiary/aromatic N) is 2. The van der Waals surface area contributed by atoms with E-state index in [0.29, 0.717) is 16.9 Å². The zero-order valence-electron chi connectivity index (χ0n) is 13.3. The molecule has 25 heavy (non-hydrogen) atoms. The summed E-state index contributed by atoms with van der Waals surface area (Å²) in [6, 6.07) is 15.8. The van der Waals surface area contributed by atoms with E-state index in [4.69, 9.17) is 0 Å². The molecule has 0 aliphatic carbocycles. The van der Waals surface area contributed by atoms with E-state index in [-0.39, 0.29) is 5.75 Å². The first-order valence-corrected chi connectivity index (χ1v) is 8.56. The third-order valence-corrected chi connectivity index (χ3v) is 5.26. The SMILES string of the molecule is Cc1ccsc1-c1c(C#N)c2ccccc2n1-c1ccc(O)cc1F. The van der Waals surface area contributed by atoms with Crippen LogP contribution in [0.3, 0.4) is 0 Å². The minimum absolute atomic E-state index is 0.132. The maximum absolute atomic E-state index is 14.6. The fourth-order valence-electron chi connectivity index (χ4n) is 3.11. The van der Waals surface area contributed by atoms with Gasteiger partial charge in [-0.25, -0.2) is 4.39 Å². The summed E-state index contributed by atoms with van der Waals surface area (Å²) in [5, 5.41) is 22.1. The number of halogens is 1. The van der Waals surface area contributed by atoms with E-state index in [1.165, 1.54) is 23.5 Å². The summed E-state index contributed by atoms with van der Waals surface area (Å²) in [4.78, 5) is 0.931. The van der Waals surface area contributed by atoms with Gasteiger partial charge in [-0.15, -0.1) is 11.3 Å². The minimum atomic E-state index is -0.541. The van der Waals surface area contributed by atoms with Crippen LogP contribution in [0, 0.1) is 24.1 Å². The van der Waals surface area contributed by atoms with Crippen LogP contribution in [0.15, 0.2) is 53.9 Å². The average Bonchev–Trinajstić information content (AvgIpc) is 3.15. The van der Waals surface area contributed by atoms with Gasteiger partial charge in [0.25, 0.3) is 0 Å². The highest BCUT2D eigenvalue weighted by molar-refractivity contribution is 7.13. The number of fused-ring (bicyclic) bond motifs is 1. The average molecular weight is 348 g/mol. The van der Waals surface area contributed by atoms with Crippen molar-refractivity contribution in [2.24, 2.45) is 0 Å². The van der Waals surface area contributed by atoms with Gasteiger partial charge in [-0.3, -0.25) is 0 Å². The van der Waals surface area contributed by atoms with Gasteiger partial charge in [-0.1, -0.05) is 18.2 Å². The van der Waals surface area contributed by atoms with Crippen LogP contribution in [0.2, 0.25) is 0 Å². The van der Waals surface area contributed by atoms with Gasteiger partial charge in [0.05, 0.1) is 27.3 Å². The quantitative estimate of drug-likeness (QED) is 0.528. The zero-order chi connectivity index (χ0) is 17.6. The molecule has 122 valence electrons. The first-order chi connectivity index (χ1) is 12.1. The van der Waals surface area contributed by atoms with Gasteiger partial charge in [0.1, 0.15) is 11.8 Å². The molecular formula is C20H13FN2OS. The van der Waals surface area contributed by atoms with Crippen LogP contribution < -0.4 is 0 Å². The van der Waals surface area contributed by atoms with Crippen molar-refractivity contribution < 1.29 is 9.50 Å². The van der Waals surface area contributed by atoms with E-state index in [2.05, 4.69) is 6.07 Å². The Morgan fingerprint density at radius 1 is 1.16 bits per heavy atom. The normalized spacial score (nSPS) is 10.9. The number of rotatable bonds is 2. The summed E-state index contributed by atoms with van der Waals surface area (Å²) in [6.07, 6.45) is 0. The first kappa shape index (κ1) is 15.4. The lowest BCUT2D eigenvalue weighted by Gasteiger charge is -2.12. The lowest BCUT2D eigenvalue weighted by atomic mass is 10.1. The highest BCUT2D eigenvalue weighted by Crippen LogP contribution is 2.40. The fraction of sp³-hybridized carbons (Fsp3) is 0.0500. The van der Waals surface area contributed by atoms with Crippen LogP contribution in [0.4, 0.5) is 4.39 Å². The fourth-order valence-corrected chi connectivity index (χ4v) is 4.08. The topological polar surface area (TPSA) is 49.0 Å². The lowest BCUT2D eigenvalue weighted by molar-refractivity contribution is 0.468. The Balaban J connectivity index is 2.20. The van der Waals surface area contributed by atoms with E-state index >= 15 is 0 Å². The van der Waals surface area contributed by atoms with E-state index in [9.17, 15) is 14.8 Å². The molecule has 0 bridgehead atoms. The zero-order valence-corrected chi connectivity index (χ0v) is 14.1. The molecule has 4 aromatic rings. The van der Waals surface area contributed by atoms with Gasteiger partial charge in [0.2, 0.25) is 0 Å². The number of aromatic nitrogens is 1. The number of thiophene rings is 1. The Bertz CT molecular complexity index is 1150. The summed E-state index contributed by atoms with van der Waals surface area (Å²) in [7, 11) is 0. The Labute approximate surface area is 147 Å². The second-order valence-electron chi connectivity index (χ2n) is 5.76. The highest BCUT2D eigenvalue weighted by Gasteiger charge is 2.23. The molecule has 0 saturated heterocycles. The van der Waals surface area contributed by atoms with Crippen molar-refractivity contribution in [1.82, 2.24) is 4.57 Å². The smallest absolute Gasteiger partial charge is 0.150 e. The lowest BCUT2D eigenvalue weighted by Crippen LogP contribution is -2.00. The maximum atomic E-state index is 14.6. The van der Waals surface area contributed by atoms with Gasteiger partial charge in [0, 0.05) is 11.5 Å². The molecule has 0 saturated carbocycles. The summed E-state index contributed by atoms with van der Waals surface area (Å²) in [5.41, 5.74) is 3.30. The van der Waals surface area contributed by atoms with Crippen molar-refractivity contribution >= 4 is 22.2 Å². The molecule has 0 unspecified atom stereocenters. The third-order valence-electron chi connectivity index (χ3n) is 4.24. The summed E-state index contributed by atoms with van der Waals surface area (Å²) in [5.74, 6) is -0.673. The number of para-hydroxylation sites is 1. The van der Waals surface area contributed by atoms with Gasteiger partial charge in [-0.2, -0.15) is 5.26 Å². The molecule has 0 amide bonds. The Morgan fingerprint density at radius 2 is 1.96 bits per heavy atom. The predicted molar refractivity (Wildman–Crippen MR) is 97.7 cm³/mol.